The number of nitriles is 1. The van der Waals surface area contributed by atoms with Crippen LogP contribution < -0.4 is 24.4 Å². The van der Waals surface area contributed by atoms with Gasteiger partial charge < -0.3 is 29.2 Å². The van der Waals surface area contributed by atoms with Crippen LogP contribution in [0.1, 0.15) is 19.4 Å². The maximum atomic E-state index is 12.5. The topological polar surface area (TPSA) is 93.1 Å². The Labute approximate surface area is 182 Å². The molecule has 0 radical (unpaired) electrons. The lowest BCUT2D eigenvalue weighted by Gasteiger charge is -2.31. The van der Waals surface area contributed by atoms with Crippen molar-refractivity contribution in [2.75, 3.05) is 56.3 Å². The van der Waals surface area contributed by atoms with Gasteiger partial charge in [-0.15, -0.1) is 0 Å². The molecule has 164 valence electrons. The van der Waals surface area contributed by atoms with Crippen LogP contribution in [-0.4, -0.2) is 52.0 Å². The lowest BCUT2D eigenvalue weighted by Crippen LogP contribution is -2.36. The molecule has 3 rings (SSSR count). The van der Waals surface area contributed by atoms with Crippen LogP contribution in [0.25, 0.3) is 0 Å². The quantitative estimate of drug-likeness (QED) is 0.659. The van der Waals surface area contributed by atoms with Gasteiger partial charge in [-0.25, -0.2) is 0 Å². The summed E-state index contributed by atoms with van der Waals surface area (Å²) < 4.78 is 22.6. The fourth-order valence-electron chi connectivity index (χ4n) is 3.23. The third-order valence-corrected chi connectivity index (χ3v) is 4.62. The van der Waals surface area contributed by atoms with Gasteiger partial charge in [-0.05, 0) is 32.0 Å². The highest BCUT2D eigenvalue weighted by Gasteiger charge is 2.20. The van der Waals surface area contributed by atoms with Crippen LogP contribution in [0.2, 0.25) is 0 Å². The van der Waals surface area contributed by atoms with Gasteiger partial charge in [0.05, 0.1) is 49.4 Å². The number of hydrogen-bond donors (Lipinski definition) is 1. The van der Waals surface area contributed by atoms with E-state index in [1.54, 1.807) is 30.3 Å². The lowest BCUT2D eigenvalue weighted by molar-refractivity contribution is -0.118. The summed E-state index contributed by atoms with van der Waals surface area (Å²) in [4.78, 5) is 14.7. The Morgan fingerprint density at radius 2 is 1.84 bits per heavy atom. The van der Waals surface area contributed by atoms with Crippen LogP contribution in [-0.2, 0) is 9.53 Å². The first-order valence-electron chi connectivity index (χ1n) is 10.3. The fraction of sp³-hybridized carbons (Fsp3) is 0.391. The molecule has 1 N–H and O–H groups in total. The van der Waals surface area contributed by atoms with E-state index in [0.717, 1.165) is 18.8 Å². The molecule has 1 aliphatic heterocycles. The van der Waals surface area contributed by atoms with Crippen molar-refractivity contribution in [1.29, 1.82) is 5.26 Å². The number of morpholine rings is 1. The van der Waals surface area contributed by atoms with Crippen LogP contribution >= 0.6 is 0 Å². The number of amides is 1. The smallest absolute Gasteiger partial charge is 0.262 e. The van der Waals surface area contributed by atoms with E-state index in [9.17, 15) is 4.79 Å². The Bertz CT molecular complexity index is 935. The molecule has 1 amide bonds. The van der Waals surface area contributed by atoms with Gasteiger partial charge in [0.25, 0.3) is 5.91 Å². The highest BCUT2D eigenvalue weighted by Crippen LogP contribution is 2.39. The lowest BCUT2D eigenvalue weighted by atomic mass is 10.2. The average Bonchev–Trinajstić information content (AvgIpc) is 2.80. The molecule has 0 spiro atoms. The number of hydrogen-bond acceptors (Lipinski definition) is 7. The number of carbonyl (C=O) groups excluding carboxylic acids is 1. The van der Waals surface area contributed by atoms with Gasteiger partial charge in [-0.2, -0.15) is 5.26 Å². The highest BCUT2D eigenvalue weighted by atomic mass is 16.5. The van der Waals surface area contributed by atoms with Crippen LogP contribution in [0.15, 0.2) is 36.4 Å². The zero-order chi connectivity index (χ0) is 22.1. The summed E-state index contributed by atoms with van der Waals surface area (Å²) >= 11 is 0. The summed E-state index contributed by atoms with van der Waals surface area (Å²) in [6.07, 6.45) is 0. The van der Waals surface area contributed by atoms with Crippen molar-refractivity contribution in [3.05, 3.63) is 42.0 Å². The van der Waals surface area contributed by atoms with Crippen molar-refractivity contribution in [3.63, 3.8) is 0 Å². The molecule has 1 fully saturated rings. The second-order valence-corrected chi connectivity index (χ2v) is 6.76. The van der Waals surface area contributed by atoms with Crippen LogP contribution in [0.4, 0.5) is 11.4 Å². The monoisotopic (exact) mass is 425 g/mol. The molecule has 2 aromatic carbocycles. The molecule has 0 unspecified atom stereocenters. The van der Waals surface area contributed by atoms with Gasteiger partial charge >= 0.3 is 0 Å². The molecular weight excluding hydrogens is 398 g/mol. The maximum Gasteiger partial charge on any atom is 0.262 e. The zero-order valence-electron chi connectivity index (χ0n) is 17.8. The Hall–Kier alpha value is -3.44. The second-order valence-electron chi connectivity index (χ2n) is 6.76. The van der Waals surface area contributed by atoms with Crippen LogP contribution in [0, 0.1) is 11.3 Å². The molecule has 0 bridgehead atoms. The van der Waals surface area contributed by atoms with E-state index in [-0.39, 0.29) is 12.5 Å². The third kappa shape index (κ3) is 6.03. The third-order valence-electron chi connectivity index (χ3n) is 4.62. The minimum absolute atomic E-state index is 0.199. The molecule has 0 saturated carbocycles. The normalized spacial score (nSPS) is 13.3. The van der Waals surface area contributed by atoms with Gasteiger partial charge in [-0.3, -0.25) is 4.79 Å². The first-order valence-corrected chi connectivity index (χ1v) is 10.3. The van der Waals surface area contributed by atoms with Gasteiger partial charge in [0.2, 0.25) is 0 Å². The fourth-order valence-corrected chi connectivity index (χ4v) is 3.23. The van der Waals surface area contributed by atoms with E-state index >= 15 is 0 Å². The van der Waals surface area contributed by atoms with Crippen molar-refractivity contribution >= 4 is 17.3 Å². The number of nitrogens with zero attached hydrogens (tertiary/aromatic N) is 2. The molecule has 0 atom stereocenters. The van der Waals surface area contributed by atoms with Crippen LogP contribution in [0.5, 0.6) is 17.2 Å². The minimum atomic E-state index is -0.343. The molecular formula is C23H27N3O5. The molecule has 0 aromatic heterocycles. The molecule has 2 aromatic rings. The standard InChI is InChI=1S/C23H27N3O5/c1-3-29-21-14-20(26-8-10-28-11-9-26)22(30-4-2)13-19(21)25-23(27)16-31-18-7-5-6-17(12-18)15-24/h5-7,12-14H,3-4,8-11,16H2,1-2H3,(H,25,27). The molecule has 31 heavy (non-hydrogen) atoms. The number of benzene rings is 2. The zero-order valence-corrected chi connectivity index (χ0v) is 17.8. The van der Waals surface area contributed by atoms with Crippen molar-refractivity contribution in [3.8, 4) is 23.3 Å². The van der Waals surface area contributed by atoms with E-state index < -0.39 is 0 Å². The first-order chi connectivity index (χ1) is 15.1. The summed E-state index contributed by atoms with van der Waals surface area (Å²) in [5, 5.41) is 11.8. The SMILES string of the molecule is CCOc1cc(N2CCOCC2)c(OCC)cc1NC(=O)COc1cccc(C#N)c1. The van der Waals surface area contributed by atoms with Crippen molar-refractivity contribution in [2.45, 2.75) is 13.8 Å². The Morgan fingerprint density at radius 1 is 1.10 bits per heavy atom. The number of anilines is 2. The van der Waals surface area contributed by atoms with E-state index in [2.05, 4.69) is 10.2 Å². The molecule has 8 nitrogen and oxygen atoms in total. The number of carbonyl (C=O) groups is 1. The largest absolute Gasteiger partial charge is 0.492 e. The van der Waals surface area contributed by atoms with E-state index in [0.29, 0.717) is 54.9 Å². The Morgan fingerprint density at radius 3 is 2.55 bits per heavy atom. The summed E-state index contributed by atoms with van der Waals surface area (Å²) in [5.41, 5.74) is 1.90. The Kier molecular flexibility index (Phi) is 7.96. The first kappa shape index (κ1) is 22.2. The summed E-state index contributed by atoms with van der Waals surface area (Å²) in [7, 11) is 0. The van der Waals surface area contributed by atoms with Crippen molar-refractivity contribution < 1.29 is 23.7 Å². The minimum Gasteiger partial charge on any atom is -0.492 e. The molecule has 8 heteroatoms. The van der Waals surface area contributed by atoms with Crippen molar-refractivity contribution in [1.82, 2.24) is 0 Å². The van der Waals surface area contributed by atoms with Crippen LogP contribution in [0.3, 0.4) is 0 Å². The van der Waals surface area contributed by atoms with Gasteiger partial charge in [-0.1, -0.05) is 6.07 Å². The summed E-state index contributed by atoms with van der Waals surface area (Å²) in [6.45, 7) is 7.38. The summed E-state index contributed by atoms with van der Waals surface area (Å²) in [5.74, 6) is 1.35. The Balaban J connectivity index is 1.77. The second kappa shape index (κ2) is 11.1. The molecule has 1 heterocycles. The van der Waals surface area contributed by atoms with E-state index in [1.807, 2.05) is 26.0 Å². The average molecular weight is 425 g/mol. The van der Waals surface area contributed by atoms with Gasteiger partial charge in [0.15, 0.2) is 6.61 Å². The number of rotatable bonds is 9. The molecule has 1 aliphatic rings. The maximum absolute atomic E-state index is 12.5. The van der Waals surface area contributed by atoms with E-state index in [4.69, 9.17) is 24.2 Å². The number of nitrogens with one attached hydrogen (secondary N) is 1. The van der Waals surface area contributed by atoms with E-state index in [1.165, 1.54) is 0 Å². The predicted octanol–water partition coefficient (Wildman–Crippen LogP) is 3.21. The van der Waals surface area contributed by atoms with Crippen molar-refractivity contribution in [2.24, 2.45) is 0 Å². The molecule has 0 aliphatic carbocycles. The van der Waals surface area contributed by atoms with Gasteiger partial charge in [0, 0.05) is 25.2 Å². The molecule has 1 saturated heterocycles. The highest BCUT2D eigenvalue weighted by molar-refractivity contribution is 5.94. The number of ether oxygens (including phenoxy) is 4. The predicted molar refractivity (Wildman–Crippen MR) is 117 cm³/mol. The van der Waals surface area contributed by atoms with Gasteiger partial charge in [0.1, 0.15) is 17.2 Å². The summed E-state index contributed by atoms with van der Waals surface area (Å²) in [6, 6.07) is 12.4.